The van der Waals surface area contributed by atoms with E-state index >= 15 is 0 Å². The summed E-state index contributed by atoms with van der Waals surface area (Å²) in [6, 6.07) is 6.07. The van der Waals surface area contributed by atoms with Crippen molar-refractivity contribution in [2.45, 2.75) is 39.2 Å². The zero-order chi connectivity index (χ0) is 14.3. The van der Waals surface area contributed by atoms with Gasteiger partial charge in [0.05, 0.1) is 29.0 Å². The second-order valence-electron chi connectivity index (χ2n) is 4.48. The molecule has 1 fully saturated rings. The van der Waals surface area contributed by atoms with E-state index in [1.54, 1.807) is 7.11 Å². The summed E-state index contributed by atoms with van der Waals surface area (Å²) in [4.78, 5) is 2.30. The predicted octanol–water partition coefficient (Wildman–Crippen LogP) is 3.95. The minimum absolute atomic E-state index is 0.385. The Kier molecular flexibility index (Phi) is 7.03. The van der Waals surface area contributed by atoms with Crippen LogP contribution in [0.15, 0.2) is 18.2 Å². The number of nitrogen functional groups attached to an aromatic ring is 1. The van der Waals surface area contributed by atoms with Gasteiger partial charge in [0.2, 0.25) is 0 Å². The highest BCUT2D eigenvalue weighted by Gasteiger charge is 2.25. The maximum atomic E-state index is 6.27. The van der Waals surface area contributed by atoms with Crippen LogP contribution in [0.4, 0.5) is 11.4 Å². The Morgan fingerprint density at radius 1 is 1.37 bits per heavy atom. The van der Waals surface area contributed by atoms with Crippen molar-refractivity contribution in [2.24, 2.45) is 0 Å². The number of ether oxygens (including phenoxy) is 1. The lowest BCUT2D eigenvalue weighted by Gasteiger charge is -2.38. The number of methoxy groups -OCH3 is 1. The number of piperidine rings is 1. The van der Waals surface area contributed by atoms with Gasteiger partial charge in [-0.15, -0.1) is 0 Å². The molecule has 1 aromatic carbocycles. The first-order valence-corrected chi connectivity index (χ1v) is 7.41. The number of halogens is 1. The molecule has 1 atom stereocenters. The maximum Gasteiger partial charge on any atom is 0.0792 e. The van der Waals surface area contributed by atoms with Crippen LogP contribution in [0.3, 0.4) is 0 Å². The molecule has 0 saturated carbocycles. The Labute approximate surface area is 121 Å². The van der Waals surface area contributed by atoms with Crippen molar-refractivity contribution in [1.82, 2.24) is 0 Å². The van der Waals surface area contributed by atoms with Gasteiger partial charge in [-0.2, -0.15) is 0 Å². The van der Waals surface area contributed by atoms with Gasteiger partial charge in [0, 0.05) is 13.7 Å². The molecule has 3 nitrogen and oxygen atoms in total. The molecular formula is C15H25ClN2O. The molecule has 0 aliphatic carbocycles. The van der Waals surface area contributed by atoms with Crippen LogP contribution in [0.1, 0.15) is 33.1 Å². The molecule has 0 amide bonds. The van der Waals surface area contributed by atoms with Gasteiger partial charge in [0.1, 0.15) is 0 Å². The lowest BCUT2D eigenvalue weighted by atomic mass is 10.0. The fourth-order valence-corrected chi connectivity index (χ4v) is 2.79. The molecule has 1 aliphatic heterocycles. The molecule has 1 aliphatic rings. The van der Waals surface area contributed by atoms with Gasteiger partial charge >= 0.3 is 0 Å². The van der Waals surface area contributed by atoms with Crippen molar-refractivity contribution >= 4 is 23.0 Å². The van der Waals surface area contributed by atoms with Gasteiger partial charge < -0.3 is 15.4 Å². The topological polar surface area (TPSA) is 38.5 Å². The minimum atomic E-state index is 0.385. The molecule has 2 rings (SSSR count). The van der Waals surface area contributed by atoms with Gasteiger partial charge in [-0.3, -0.25) is 0 Å². The first-order chi connectivity index (χ1) is 9.24. The number of nitrogens with zero attached hydrogens (tertiary/aromatic N) is 1. The fourth-order valence-electron chi connectivity index (χ4n) is 2.50. The van der Waals surface area contributed by atoms with E-state index in [1.807, 2.05) is 32.0 Å². The van der Waals surface area contributed by atoms with E-state index in [0.29, 0.717) is 6.04 Å². The van der Waals surface area contributed by atoms with E-state index in [-0.39, 0.29) is 0 Å². The summed E-state index contributed by atoms with van der Waals surface area (Å²) in [5.74, 6) is 0. The fraction of sp³-hybridized carbons (Fsp3) is 0.600. The number of para-hydroxylation sites is 1. The molecule has 0 spiro atoms. The van der Waals surface area contributed by atoms with Crippen LogP contribution in [-0.2, 0) is 4.74 Å². The van der Waals surface area contributed by atoms with Crippen LogP contribution in [0, 0.1) is 0 Å². The lowest BCUT2D eigenvalue weighted by Crippen LogP contribution is -2.42. The number of rotatable bonds is 3. The van der Waals surface area contributed by atoms with Crippen LogP contribution in [0.25, 0.3) is 0 Å². The van der Waals surface area contributed by atoms with Crippen LogP contribution in [-0.4, -0.2) is 26.3 Å². The normalized spacial score (nSPS) is 18.7. The van der Waals surface area contributed by atoms with Gasteiger partial charge in [0.15, 0.2) is 0 Å². The van der Waals surface area contributed by atoms with Gasteiger partial charge in [-0.25, -0.2) is 0 Å². The third-order valence-corrected chi connectivity index (χ3v) is 3.60. The van der Waals surface area contributed by atoms with Crippen molar-refractivity contribution in [1.29, 1.82) is 0 Å². The number of hydrogen-bond donors (Lipinski definition) is 1. The largest absolute Gasteiger partial charge is 0.397 e. The molecule has 1 saturated heterocycles. The molecule has 0 radical (unpaired) electrons. The van der Waals surface area contributed by atoms with Crippen LogP contribution in [0.5, 0.6) is 0 Å². The summed E-state index contributed by atoms with van der Waals surface area (Å²) in [5.41, 5.74) is 7.76. The smallest absolute Gasteiger partial charge is 0.0792 e. The van der Waals surface area contributed by atoms with Crippen LogP contribution >= 0.6 is 11.6 Å². The molecule has 1 aromatic rings. The zero-order valence-corrected chi connectivity index (χ0v) is 12.9. The van der Waals surface area contributed by atoms with Crippen LogP contribution < -0.4 is 10.6 Å². The Morgan fingerprint density at radius 3 is 2.74 bits per heavy atom. The van der Waals surface area contributed by atoms with E-state index in [1.165, 1.54) is 12.8 Å². The van der Waals surface area contributed by atoms with Gasteiger partial charge in [-0.1, -0.05) is 31.5 Å². The van der Waals surface area contributed by atoms with Crippen molar-refractivity contribution < 1.29 is 4.74 Å². The summed E-state index contributed by atoms with van der Waals surface area (Å²) in [7, 11) is 1.74. The summed E-state index contributed by atoms with van der Waals surface area (Å²) in [6.07, 6.45) is 3.57. The molecule has 4 heteroatoms. The van der Waals surface area contributed by atoms with Gasteiger partial charge in [0.25, 0.3) is 0 Å². The molecular weight excluding hydrogens is 260 g/mol. The first kappa shape index (κ1) is 16.1. The van der Waals surface area contributed by atoms with E-state index in [9.17, 15) is 0 Å². The predicted molar refractivity (Wildman–Crippen MR) is 84.1 cm³/mol. The third kappa shape index (κ3) is 4.02. The molecule has 1 unspecified atom stereocenters. The number of benzene rings is 1. The average molecular weight is 285 g/mol. The zero-order valence-electron chi connectivity index (χ0n) is 12.2. The second kappa shape index (κ2) is 8.28. The summed E-state index contributed by atoms with van der Waals surface area (Å²) in [5, 5.41) is 0.730. The highest BCUT2D eigenvalue weighted by Crippen LogP contribution is 2.35. The Hall–Kier alpha value is -0.930. The molecule has 108 valence electrons. The van der Waals surface area contributed by atoms with E-state index < -0.39 is 0 Å². The summed E-state index contributed by atoms with van der Waals surface area (Å²) >= 11 is 6.27. The van der Waals surface area contributed by atoms with E-state index in [4.69, 9.17) is 22.1 Å². The number of hydrogen-bond acceptors (Lipinski definition) is 3. The summed E-state index contributed by atoms with van der Waals surface area (Å²) in [6.45, 7) is 5.73. The Bertz CT molecular complexity index is 362. The van der Waals surface area contributed by atoms with Crippen LogP contribution in [0.2, 0.25) is 5.02 Å². The lowest BCUT2D eigenvalue weighted by molar-refractivity contribution is 0.166. The summed E-state index contributed by atoms with van der Waals surface area (Å²) < 4.78 is 5.29. The molecule has 0 aromatic heterocycles. The quantitative estimate of drug-likeness (QED) is 0.854. The van der Waals surface area contributed by atoms with Crippen molar-refractivity contribution in [3.05, 3.63) is 23.2 Å². The molecule has 2 N–H and O–H groups in total. The van der Waals surface area contributed by atoms with Crippen molar-refractivity contribution in [3.8, 4) is 0 Å². The van der Waals surface area contributed by atoms with E-state index in [0.717, 1.165) is 36.0 Å². The molecule has 19 heavy (non-hydrogen) atoms. The highest BCUT2D eigenvalue weighted by atomic mass is 35.5. The average Bonchev–Trinajstić information content (AvgIpc) is 2.43. The Balaban J connectivity index is 0.000000861. The minimum Gasteiger partial charge on any atom is -0.397 e. The van der Waals surface area contributed by atoms with Crippen molar-refractivity contribution in [2.75, 3.05) is 30.9 Å². The molecule has 1 heterocycles. The van der Waals surface area contributed by atoms with Crippen molar-refractivity contribution in [3.63, 3.8) is 0 Å². The highest BCUT2D eigenvalue weighted by molar-refractivity contribution is 6.34. The Morgan fingerprint density at radius 2 is 2.11 bits per heavy atom. The van der Waals surface area contributed by atoms with Gasteiger partial charge in [-0.05, 0) is 31.4 Å². The second-order valence-corrected chi connectivity index (χ2v) is 4.88. The van der Waals surface area contributed by atoms with E-state index in [2.05, 4.69) is 4.90 Å². The standard InChI is InChI=1S/C13H19ClN2O.C2H6/c1-17-9-10-5-2-3-8-16(10)13-11(14)6-4-7-12(13)15;1-2/h4,6-7,10H,2-3,5,8-9,15H2,1H3;1-2H3. The first-order valence-electron chi connectivity index (χ1n) is 7.03. The number of anilines is 2. The number of nitrogens with two attached hydrogens (primary N) is 1. The SMILES string of the molecule is CC.COCC1CCCCN1c1c(N)cccc1Cl. The molecule has 0 bridgehead atoms. The monoisotopic (exact) mass is 284 g/mol. The third-order valence-electron chi connectivity index (χ3n) is 3.29. The maximum absolute atomic E-state index is 6.27.